The summed E-state index contributed by atoms with van der Waals surface area (Å²) in [5, 5.41) is 3.59. The van der Waals surface area contributed by atoms with Crippen molar-refractivity contribution in [2.24, 2.45) is 0 Å². The van der Waals surface area contributed by atoms with Gasteiger partial charge in [0.2, 0.25) is 5.91 Å². The first-order valence-electron chi connectivity index (χ1n) is 7.33. The Morgan fingerprint density at radius 2 is 2.22 bits per heavy atom. The molecule has 3 rings (SSSR count). The molecular formula is C14H24N2O2. The lowest BCUT2D eigenvalue weighted by Crippen LogP contribution is -2.43. The second-order valence-electron chi connectivity index (χ2n) is 6.07. The van der Waals surface area contributed by atoms with Crippen LogP contribution in [-0.4, -0.2) is 41.8 Å². The number of nitrogens with one attached hydrogen (secondary N) is 1. The highest BCUT2D eigenvalue weighted by atomic mass is 16.5. The van der Waals surface area contributed by atoms with E-state index in [0.717, 1.165) is 44.9 Å². The number of methoxy groups -OCH3 is 1. The first-order valence-corrected chi connectivity index (χ1v) is 7.33. The molecule has 1 heterocycles. The maximum Gasteiger partial charge on any atom is 0.244 e. The predicted octanol–water partition coefficient (Wildman–Crippen LogP) is 1.64. The molecule has 2 saturated carbocycles. The quantitative estimate of drug-likeness (QED) is 0.827. The number of carbonyl (C=O) groups is 1. The molecule has 4 heteroatoms. The summed E-state index contributed by atoms with van der Waals surface area (Å²) in [4.78, 5) is 14.7. The Kier molecular flexibility index (Phi) is 3.10. The zero-order valence-corrected chi connectivity index (χ0v) is 11.4. The largest absolute Gasteiger partial charge is 0.381 e. The van der Waals surface area contributed by atoms with Crippen LogP contribution in [0.5, 0.6) is 0 Å². The Balaban J connectivity index is 1.74. The fourth-order valence-electron chi connectivity index (χ4n) is 3.61. The summed E-state index contributed by atoms with van der Waals surface area (Å²) in [6.45, 7) is 2.19. The second kappa shape index (κ2) is 4.49. The number of hydrogen-bond acceptors (Lipinski definition) is 3. The van der Waals surface area contributed by atoms with E-state index in [1.807, 2.05) is 0 Å². The fraction of sp³-hybridized carbons (Fsp3) is 0.929. The molecule has 0 radical (unpaired) electrons. The molecule has 0 bridgehead atoms. The van der Waals surface area contributed by atoms with E-state index < -0.39 is 0 Å². The lowest BCUT2D eigenvalue weighted by atomic mass is 10.1. The molecule has 1 aliphatic heterocycles. The highest BCUT2D eigenvalue weighted by Gasteiger charge is 2.60. The van der Waals surface area contributed by atoms with Gasteiger partial charge in [-0.3, -0.25) is 10.1 Å². The number of ether oxygens (including phenoxy) is 1. The molecule has 2 aliphatic carbocycles. The van der Waals surface area contributed by atoms with Gasteiger partial charge in [-0.1, -0.05) is 13.3 Å². The van der Waals surface area contributed by atoms with Crippen molar-refractivity contribution in [3.8, 4) is 0 Å². The van der Waals surface area contributed by atoms with Gasteiger partial charge in [-0.05, 0) is 38.5 Å². The third kappa shape index (κ3) is 1.86. The van der Waals surface area contributed by atoms with E-state index in [-0.39, 0.29) is 11.7 Å². The minimum absolute atomic E-state index is 0.162. The fourth-order valence-corrected chi connectivity index (χ4v) is 3.61. The summed E-state index contributed by atoms with van der Waals surface area (Å²) in [5.74, 6) is 0.364. The molecule has 3 fully saturated rings. The molecule has 0 aromatic rings. The van der Waals surface area contributed by atoms with Crippen molar-refractivity contribution in [1.29, 1.82) is 0 Å². The highest BCUT2D eigenvalue weighted by Crippen LogP contribution is 2.45. The van der Waals surface area contributed by atoms with E-state index in [9.17, 15) is 4.79 Å². The average Bonchev–Trinajstić information content (AvgIpc) is 2.90. The van der Waals surface area contributed by atoms with Crippen LogP contribution in [0.3, 0.4) is 0 Å². The summed E-state index contributed by atoms with van der Waals surface area (Å²) in [7, 11) is 1.78. The molecule has 3 unspecified atom stereocenters. The van der Waals surface area contributed by atoms with E-state index >= 15 is 0 Å². The molecule has 102 valence electrons. The number of rotatable bonds is 4. The lowest BCUT2D eigenvalue weighted by molar-refractivity contribution is -0.133. The van der Waals surface area contributed by atoms with Crippen molar-refractivity contribution < 1.29 is 9.53 Å². The number of nitrogens with zero attached hydrogens (tertiary/aromatic N) is 1. The third-order valence-corrected chi connectivity index (χ3v) is 4.82. The summed E-state index contributed by atoms with van der Waals surface area (Å²) in [5.41, 5.74) is -0.162. The third-order valence-electron chi connectivity index (χ3n) is 4.82. The Bertz CT molecular complexity index is 341. The SMILES string of the molecule is CCCC1NC2(CC2)C(=O)N1C1CCC(OC)C1. The van der Waals surface area contributed by atoms with E-state index in [4.69, 9.17) is 4.74 Å². The standard InChI is InChI=1S/C14H24N2O2/c1-3-4-12-15-14(7-8-14)13(17)16(12)10-5-6-11(9-10)18-2/h10-12,15H,3-9H2,1-2H3. The first-order chi connectivity index (χ1) is 8.70. The van der Waals surface area contributed by atoms with Gasteiger partial charge in [0.15, 0.2) is 0 Å². The van der Waals surface area contributed by atoms with Crippen molar-refractivity contribution in [3.63, 3.8) is 0 Å². The lowest BCUT2D eigenvalue weighted by Gasteiger charge is -2.30. The van der Waals surface area contributed by atoms with Crippen LogP contribution in [0.1, 0.15) is 51.9 Å². The summed E-state index contributed by atoms with van der Waals surface area (Å²) in [6.07, 6.45) is 8.08. The van der Waals surface area contributed by atoms with Crippen LogP contribution < -0.4 is 5.32 Å². The van der Waals surface area contributed by atoms with E-state index in [0.29, 0.717) is 18.1 Å². The van der Waals surface area contributed by atoms with Gasteiger partial charge in [0, 0.05) is 13.2 Å². The molecule has 1 saturated heterocycles. The van der Waals surface area contributed by atoms with Gasteiger partial charge in [-0.25, -0.2) is 0 Å². The van der Waals surface area contributed by atoms with Crippen LogP contribution in [0.25, 0.3) is 0 Å². The average molecular weight is 252 g/mol. The van der Waals surface area contributed by atoms with Crippen LogP contribution in [-0.2, 0) is 9.53 Å². The molecule has 3 aliphatic rings. The van der Waals surface area contributed by atoms with Crippen LogP contribution >= 0.6 is 0 Å². The topological polar surface area (TPSA) is 41.6 Å². The Labute approximate surface area is 109 Å². The molecular weight excluding hydrogens is 228 g/mol. The first kappa shape index (κ1) is 12.4. The van der Waals surface area contributed by atoms with Gasteiger partial charge in [0.05, 0.1) is 17.8 Å². The number of hydrogen-bond donors (Lipinski definition) is 1. The minimum atomic E-state index is -0.162. The summed E-state index contributed by atoms with van der Waals surface area (Å²) >= 11 is 0. The molecule has 1 amide bonds. The van der Waals surface area contributed by atoms with Gasteiger partial charge < -0.3 is 9.64 Å². The van der Waals surface area contributed by atoms with Gasteiger partial charge in [-0.2, -0.15) is 0 Å². The van der Waals surface area contributed by atoms with Crippen molar-refractivity contribution in [3.05, 3.63) is 0 Å². The smallest absolute Gasteiger partial charge is 0.244 e. The zero-order valence-electron chi connectivity index (χ0n) is 11.4. The van der Waals surface area contributed by atoms with Crippen LogP contribution in [0, 0.1) is 0 Å². The molecule has 0 aromatic carbocycles. The molecule has 3 atom stereocenters. The zero-order chi connectivity index (χ0) is 12.8. The van der Waals surface area contributed by atoms with Crippen LogP contribution in [0.2, 0.25) is 0 Å². The van der Waals surface area contributed by atoms with Crippen molar-refractivity contribution in [2.75, 3.05) is 7.11 Å². The van der Waals surface area contributed by atoms with Crippen LogP contribution in [0.15, 0.2) is 0 Å². The number of amides is 1. The Morgan fingerprint density at radius 1 is 1.44 bits per heavy atom. The summed E-state index contributed by atoms with van der Waals surface area (Å²) in [6, 6.07) is 0.395. The van der Waals surface area contributed by atoms with Gasteiger partial charge in [-0.15, -0.1) is 0 Å². The van der Waals surface area contributed by atoms with Crippen molar-refractivity contribution >= 4 is 5.91 Å². The van der Waals surface area contributed by atoms with E-state index in [2.05, 4.69) is 17.1 Å². The van der Waals surface area contributed by atoms with E-state index in [1.165, 1.54) is 0 Å². The maximum absolute atomic E-state index is 12.6. The van der Waals surface area contributed by atoms with Crippen molar-refractivity contribution in [1.82, 2.24) is 10.2 Å². The Morgan fingerprint density at radius 3 is 2.78 bits per heavy atom. The van der Waals surface area contributed by atoms with Gasteiger partial charge in [0.25, 0.3) is 0 Å². The van der Waals surface area contributed by atoms with Gasteiger partial charge >= 0.3 is 0 Å². The number of carbonyl (C=O) groups excluding carboxylic acids is 1. The molecule has 4 nitrogen and oxygen atoms in total. The summed E-state index contributed by atoms with van der Waals surface area (Å²) < 4.78 is 5.44. The highest BCUT2D eigenvalue weighted by molar-refractivity contribution is 5.92. The molecule has 0 aromatic heterocycles. The van der Waals surface area contributed by atoms with E-state index in [1.54, 1.807) is 7.11 Å². The van der Waals surface area contributed by atoms with Crippen molar-refractivity contribution in [2.45, 2.75) is 75.7 Å². The normalized spacial score (nSPS) is 37.8. The predicted molar refractivity (Wildman–Crippen MR) is 69.1 cm³/mol. The monoisotopic (exact) mass is 252 g/mol. The molecule has 18 heavy (non-hydrogen) atoms. The second-order valence-corrected chi connectivity index (χ2v) is 6.07. The Hall–Kier alpha value is -0.610. The molecule has 1 N–H and O–H groups in total. The molecule has 1 spiro atoms. The van der Waals surface area contributed by atoms with Crippen LogP contribution in [0.4, 0.5) is 0 Å². The minimum Gasteiger partial charge on any atom is -0.381 e. The maximum atomic E-state index is 12.6. The van der Waals surface area contributed by atoms with Gasteiger partial charge in [0.1, 0.15) is 0 Å².